The highest BCUT2D eigenvalue weighted by Crippen LogP contribution is 2.34. The standard InChI is InChI=1S/C20H23F2N3/c1-12-3-5-16(19(22)18(12)21)15-4-6-17(23-11-15)24-20-13(2)25-9-7-14(20)8-10-25/h3-6,11,13-14,20H,7-10H2,1-2H3,(H,23,24)/t13-,20-/m1/s1. The van der Waals surface area contributed by atoms with Gasteiger partial charge in [-0.3, -0.25) is 4.90 Å². The van der Waals surface area contributed by atoms with Crippen LogP contribution in [0.5, 0.6) is 0 Å². The lowest BCUT2D eigenvalue weighted by molar-refractivity contribution is 0.0457. The van der Waals surface area contributed by atoms with Gasteiger partial charge in [-0.25, -0.2) is 13.8 Å². The van der Waals surface area contributed by atoms with Crippen LogP contribution in [0.25, 0.3) is 11.1 Å². The Morgan fingerprint density at radius 1 is 1.08 bits per heavy atom. The maximum atomic E-state index is 14.2. The van der Waals surface area contributed by atoms with Crippen molar-refractivity contribution in [2.24, 2.45) is 5.92 Å². The summed E-state index contributed by atoms with van der Waals surface area (Å²) in [7, 11) is 0. The summed E-state index contributed by atoms with van der Waals surface area (Å²) >= 11 is 0. The molecule has 2 bridgehead atoms. The van der Waals surface area contributed by atoms with Crippen molar-refractivity contribution in [2.45, 2.75) is 38.8 Å². The Hall–Kier alpha value is -2.01. The van der Waals surface area contributed by atoms with Gasteiger partial charge < -0.3 is 5.32 Å². The third-order valence-corrected chi connectivity index (χ3v) is 5.84. The minimum absolute atomic E-state index is 0.248. The predicted molar refractivity (Wildman–Crippen MR) is 95.5 cm³/mol. The minimum Gasteiger partial charge on any atom is -0.365 e. The number of aryl methyl sites for hydroxylation is 1. The average molecular weight is 343 g/mol. The molecule has 0 amide bonds. The second-order valence-corrected chi connectivity index (χ2v) is 7.27. The fraction of sp³-hybridized carbons (Fsp3) is 0.450. The van der Waals surface area contributed by atoms with Crippen molar-refractivity contribution in [3.8, 4) is 11.1 Å². The number of benzene rings is 1. The zero-order chi connectivity index (χ0) is 17.6. The van der Waals surface area contributed by atoms with Gasteiger partial charge >= 0.3 is 0 Å². The first kappa shape index (κ1) is 16.5. The lowest BCUT2D eigenvalue weighted by atomic mass is 9.79. The number of halogens is 2. The summed E-state index contributed by atoms with van der Waals surface area (Å²) in [6.07, 6.45) is 4.07. The Bertz CT molecular complexity index is 765. The first-order valence-electron chi connectivity index (χ1n) is 8.96. The Morgan fingerprint density at radius 3 is 2.48 bits per heavy atom. The van der Waals surface area contributed by atoms with Crippen LogP contribution >= 0.6 is 0 Å². The Morgan fingerprint density at radius 2 is 1.84 bits per heavy atom. The molecule has 3 aliphatic heterocycles. The molecule has 5 heteroatoms. The van der Waals surface area contributed by atoms with E-state index in [4.69, 9.17) is 0 Å². The van der Waals surface area contributed by atoms with Crippen molar-refractivity contribution in [3.05, 3.63) is 47.7 Å². The summed E-state index contributed by atoms with van der Waals surface area (Å²) < 4.78 is 27.9. The lowest BCUT2D eigenvalue weighted by Gasteiger charge is -2.50. The van der Waals surface area contributed by atoms with E-state index in [-0.39, 0.29) is 5.56 Å². The molecule has 0 unspecified atom stereocenters. The second kappa shape index (κ2) is 6.37. The maximum Gasteiger partial charge on any atom is 0.166 e. The molecule has 2 aromatic rings. The molecule has 0 spiro atoms. The van der Waals surface area contributed by atoms with Crippen LogP contribution < -0.4 is 5.32 Å². The van der Waals surface area contributed by atoms with E-state index >= 15 is 0 Å². The van der Waals surface area contributed by atoms with Crippen LogP contribution in [0, 0.1) is 24.5 Å². The smallest absolute Gasteiger partial charge is 0.166 e. The van der Waals surface area contributed by atoms with E-state index in [1.54, 1.807) is 31.3 Å². The molecule has 0 saturated carbocycles. The van der Waals surface area contributed by atoms with Crippen LogP contribution in [0.3, 0.4) is 0 Å². The fourth-order valence-corrected chi connectivity index (χ4v) is 4.22. The van der Waals surface area contributed by atoms with E-state index in [9.17, 15) is 8.78 Å². The Balaban J connectivity index is 1.54. The molecule has 3 aliphatic rings. The van der Waals surface area contributed by atoms with Crippen LogP contribution in [0.1, 0.15) is 25.3 Å². The number of anilines is 1. The molecule has 25 heavy (non-hydrogen) atoms. The van der Waals surface area contributed by atoms with E-state index in [2.05, 4.69) is 22.1 Å². The van der Waals surface area contributed by atoms with Crippen molar-refractivity contribution >= 4 is 5.82 Å². The summed E-state index contributed by atoms with van der Waals surface area (Å²) in [4.78, 5) is 6.97. The number of aromatic nitrogens is 1. The number of nitrogens with one attached hydrogen (secondary N) is 1. The van der Waals surface area contributed by atoms with E-state index < -0.39 is 11.6 Å². The van der Waals surface area contributed by atoms with Crippen LogP contribution in [-0.4, -0.2) is 35.1 Å². The first-order valence-corrected chi connectivity index (χ1v) is 8.96. The molecule has 4 heterocycles. The molecule has 0 radical (unpaired) electrons. The maximum absolute atomic E-state index is 14.2. The van der Waals surface area contributed by atoms with Gasteiger partial charge in [-0.2, -0.15) is 0 Å². The third-order valence-electron chi connectivity index (χ3n) is 5.84. The lowest BCUT2D eigenvalue weighted by Crippen LogP contribution is -2.59. The monoisotopic (exact) mass is 343 g/mol. The first-order chi connectivity index (χ1) is 12.0. The highest BCUT2D eigenvalue weighted by molar-refractivity contribution is 5.65. The van der Waals surface area contributed by atoms with E-state index in [0.29, 0.717) is 29.1 Å². The van der Waals surface area contributed by atoms with Crippen LogP contribution in [0.2, 0.25) is 0 Å². The molecule has 3 saturated heterocycles. The number of piperidine rings is 3. The van der Waals surface area contributed by atoms with Crippen LogP contribution in [0.4, 0.5) is 14.6 Å². The molecule has 1 aromatic carbocycles. The van der Waals surface area contributed by atoms with Crippen LogP contribution in [0.15, 0.2) is 30.5 Å². The molecule has 5 rings (SSSR count). The number of rotatable bonds is 3. The highest BCUT2D eigenvalue weighted by atomic mass is 19.2. The quantitative estimate of drug-likeness (QED) is 0.904. The Labute approximate surface area is 147 Å². The van der Waals surface area contributed by atoms with Gasteiger partial charge in [-0.1, -0.05) is 12.1 Å². The molecule has 132 valence electrons. The normalized spacial score (nSPS) is 28.2. The van der Waals surface area contributed by atoms with Gasteiger partial charge in [-0.15, -0.1) is 0 Å². The second-order valence-electron chi connectivity index (χ2n) is 7.27. The van der Waals surface area contributed by atoms with Crippen molar-refractivity contribution < 1.29 is 8.78 Å². The molecule has 1 aromatic heterocycles. The molecule has 2 atom stereocenters. The zero-order valence-corrected chi connectivity index (χ0v) is 14.6. The summed E-state index contributed by atoms with van der Waals surface area (Å²) in [6, 6.07) is 7.75. The largest absolute Gasteiger partial charge is 0.365 e. The molecule has 1 N–H and O–H groups in total. The van der Waals surface area contributed by atoms with Gasteiger partial charge in [0.2, 0.25) is 0 Å². The molecule has 0 aliphatic carbocycles. The van der Waals surface area contributed by atoms with E-state index in [1.165, 1.54) is 25.9 Å². The molecular formula is C20H23F2N3. The zero-order valence-electron chi connectivity index (χ0n) is 14.6. The molecule has 3 fully saturated rings. The van der Waals surface area contributed by atoms with Crippen molar-refractivity contribution in [3.63, 3.8) is 0 Å². The van der Waals surface area contributed by atoms with E-state index in [1.807, 2.05) is 6.07 Å². The van der Waals surface area contributed by atoms with Crippen molar-refractivity contribution in [1.82, 2.24) is 9.88 Å². The topological polar surface area (TPSA) is 28.2 Å². The fourth-order valence-electron chi connectivity index (χ4n) is 4.22. The summed E-state index contributed by atoms with van der Waals surface area (Å²) in [5.41, 5.74) is 1.14. The van der Waals surface area contributed by atoms with Gasteiger partial charge in [0.15, 0.2) is 11.6 Å². The van der Waals surface area contributed by atoms with Crippen molar-refractivity contribution in [1.29, 1.82) is 0 Å². The summed E-state index contributed by atoms with van der Waals surface area (Å²) in [5.74, 6) is -0.123. The average Bonchev–Trinajstić information content (AvgIpc) is 2.64. The number of nitrogens with zero attached hydrogens (tertiary/aromatic N) is 2. The summed E-state index contributed by atoms with van der Waals surface area (Å²) in [6.45, 7) is 6.20. The van der Waals surface area contributed by atoms with Gasteiger partial charge in [0, 0.05) is 29.4 Å². The van der Waals surface area contributed by atoms with Gasteiger partial charge in [-0.05, 0) is 63.4 Å². The number of pyridine rings is 1. The summed E-state index contributed by atoms with van der Waals surface area (Å²) in [5, 5.41) is 3.56. The SMILES string of the molecule is Cc1ccc(-c2ccc(N[C@H]3C4CCN(CC4)[C@@H]3C)nc2)c(F)c1F. The predicted octanol–water partition coefficient (Wildman–Crippen LogP) is 4.23. The van der Waals surface area contributed by atoms with Crippen LogP contribution in [-0.2, 0) is 0 Å². The Kier molecular flexibility index (Phi) is 4.20. The van der Waals surface area contributed by atoms with Gasteiger partial charge in [0.05, 0.1) is 0 Å². The third kappa shape index (κ3) is 2.91. The number of fused-ring (bicyclic) bond motifs is 3. The van der Waals surface area contributed by atoms with E-state index in [0.717, 1.165) is 5.82 Å². The van der Waals surface area contributed by atoms with Crippen molar-refractivity contribution in [2.75, 3.05) is 18.4 Å². The van der Waals surface area contributed by atoms with Gasteiger partial charge in [0.1, 0.15) is 5.82 Å². The van der Waals surface area contributed by atoms with Gasteiger partial charge in [0.25, 0.3) is 0 Å². The minimum atomic E-state index is -0.812. The highest BCUT2D eigenvalue weighted by Gasteiger charge is 2.39. The molecule has 3 nitrogen and oxygen atoms in total. The number of hydrogen-bond acceptors (Lipinski definition) is 3. The molecular weight excluding hydrogens is 320 g/mol. The number of hydrogen-bond donors (Lipinski definition) is 1.